The van der Waals surface area contributed by atoms with Gasteiger partial charge in [0.1, 0.15) is 5.82 Å². The van der Waals surface area contributed by atoms with Crippen LogP contribution in [-0.2, 0) is 0 Å². The number of rotatable bonds is 3. The summed E-state index contributed by atoms with van der Waals surface area (Å²) in [6.45, 7) is 3.07. The third-order valence-electron chi connectivity index (χ3n) is 5.13. The van der Waals surface area contributed by atoms with Gasteiger partial charge in [0, 0.05) is 24.7 Å². The van der Waals surface area contributed by atoms with E-state index in [9.17, 15) is 4.39 Å². The molecular formula is C17H25FN2. The molecule has 1 aromatic carbocycles. The van der Waals surface area contributed by atoms with E-state index in [1.165, 1.54) is 38.2 Å². The highest BCUT2D eigenvalue weighted by molar-refractivity contribution is 5.21. The van der Waals surface area contributed by atoms with E-state index >= 15 is 0 Å². The lowest BCUT2D eigenvalue weighted by Crippen LogP contribution is -2.44. The normalized spacial score (nSPS) is 28.9. The number of hydrogen-bond donors (Lipinski definition) is 1. The summed E-state index contributed by atoms with van der Waals surface area (Å²) in [5.41, 5.74) is 6.86. The summed E-state index contributed by atoms with van der Waals surface area (Å²) < 4.78 is 13.8. The van der Waals surface area contributed by atoms with Gasteiger partial charge in [0.15, 0.2) is 0 Å². The number of nitrogens with zero attached hydrogens (tertiary/aromatic N) is 1. The first-order chi connectivity index (χ1) is 9.74. The lowest BCUT2D eigenvalue weighted by Gasteiger charge is -2.42. The first-order valence-electron chi connectivity index (χ1n) is 7.96. The van der Waals surface area contributed by atoms with E-state index in [4.69, 9.17) is 5.73 Å². The van der Waals surface area contributed by atoms with Gasteiger partial charge in [0.05, 0.1) is 0 Å². The maximum Gasteiger partial charge on any atom is 0.128 e. The van der Waals surface area contributed by atoms with Crippen molar-refractivity contribution in [3.63, 3.8) is 0 Å². The highest BCUT2D eigenvalue weighted by Gasteiger charge is 2.31. The van der Waals surface area contributed by atoms with E-state index in [1.54, 1.807) is 6.07 Å². The Morgan fingerprint density at radius 2 is 1.90 bits per heavy atom. The lowest BCUT2D eigenvalue weighted by atomic mass is 9.75. The van der Waals surface area contributed by atoms with Crippen LogP contribution in [0.15, 0.2) is 24.3 Å². The largest absolute Gasteiger partial charge is 0.323 e. The zero-order valence-corrected chi connectivity index (χ0v) is 12.1. The molecular weight excluding hydrogens is 251 g/mol. The van der Waals surface area contributed by atoms with E-state index < -0.39 is 0 Å². The second-order valence-corrected chi connectivity index (χ2v) is 6.48. The predicted molar refractivity (Wildman–Crippen MR) is 79.8 cm³/mol. The van der Waals surface area contributed by atoms with Crippen molar-refractivity contribution in [2.24, 2.45) is 17.6 Å². The number of likely N-dealkylation sites (tertiary alicyclic amines) is 1. The molecule has 3 unspecified atom stereocenters. The van der Waals surface area contributed by atoms with Gasteiger partial charge < -0.3 is 10.6 Å². The smallest absolute Gasteiger partial charge is 0.128 e. The maximum absolute atomic E-state index is 13.8. The van der Waals surface area contributed by atoms with E-state index in [0.717, 1.165) is 31.5 Å². The second kappa shape index (κ2) is 6.23. The molecule has 1 heterocycles. The van der Waals surface area contributed by atoms with E-state index in [-0.39, 0.29) is 11.9 Å². The van der Waals surface area contributed by atoms with Crippen LogP contribution in [0.1, 0.15) is 43.7 Å². The van der Waals surface area contributed by atoms with Gasteiger partial charge in [0.2, 0.25) is 0 Å². The van der Waals surface area contributed by atoms with Crippen molar-refractivity contribution in [1.82, 2.24) is 4.90 Å². The molecule has 0 bridgehead atoms. The van der Waals surface area contributed by atoms with Crippen molar-refractivity contribution in [1.29, 1.82) is 0 Å². The van der Waals surface area contributed by atoms with Crippen molar-refractivity contribution in [3.8, 4) is 0 Å². The number of benzene rings is 1. The van der Waals surface area contributed by atoms with Crippen molar-refractivity contribution in [3.05, 3.63) is 35.6 Å². The van der Waals surface area contributed by atoms with Gasteiger partial charge in [-0.1, -0.05) is 37.5 Å². The van der Waals surface area contributed by atoms with Crippen LogP contribution in [0.3, 0.4) is 0 Å². The number of piperidine rings is 1. The van der Waals surface area contributed by atoms with Gasteiger partial charge in [-0.3, -0.25) is 0 Å². The fourth-order valence-electron chi connectivity index (χ4n) is 3.99. The Balaban J connectivity index is 1.59. The molecule has 1 aliphatic carbocycles. The second-order valence-electron chi connectivity index (χ2n) is 6.48. The Morgan fingerprint density at radius 1 is 1.15 bits per heavy atom. The van der Waals surface area contributed by atoms with Crippen LogP contribution in [0.2, 0.25) is 0 Å². The first kappa shape index (κ1) is 14.0. The number of fused-ring (bicyclic) bond motifs is 1. The van der Waals surface area contributed by atoms with E-state index in [2.05, 4.69) is 4.90 Å². The van der Waals surface area contributed by atoms with Crippen LogP contribution < -0.4 is 5.73 Å². The van der Waals surface area contributed by atoms with Crippen molar-refractivity contribution in [2.45, 2.75) is 38.1 Å². The predicted octanol–water partition coefficient (Wildman–Crippen LogP) is 3.34. The summed E-state index contributed by atoms with van der Waals surface area (Å²) in [5.74, 6) is 1.61. The summed E-state index contributed by atoms with van der Waals surface area (Å²) in [7, 11) is 0. The Hall–Kier alpha value is -0.930. The minimum absolute atomic E-state index is 0.174. The van der Waals surface area contributed by atoms with Crippen LogP contribution >= 0.6 is 0 Å². The molecule has 3 atom stereocenters. The van der Waals surface area contributed by atoms with Crippen molar-refractivity contribution >= 4 is 0 Å². The average molecular weight is 276 g/mol. The van der Waals surface area contributed by atoms with Crippen LogP contribution in [-0.4, -0.2) is 24.5 Å². The summed E-state index contributed by atoms with van der Waals surface area (Å²) in [4.78, 5) is 2.45. The zero-order valence-electron chi connectivity index (χ0n) is 12.1. The molecule has 0 aromatic heterocycles. The maximum atomic E-state index is 13.8. The SMILES string of the molecule is NC(CN1CCC2CCCCC2C1)c1ccccc1F. The molecule has 2 N–H and O–H groups in total. The van der Waals surface area contributed by atoms with E-state index in [1.807, 2.05) is 12.1 Å². The molecule has 0 radical (unpaired) electrons. The van der Waals surface area contributed by atoms with Gasteiger partial charge >= 0.3 is 0 Å². The third kappa shape index (κ3) is 3.04. The van der Waals surface area contributed by atoms with Gasteiger partial charge in [-0.05, 0) is 37.3 Å². The lowest BCUT2D eigenvalue weighted by molar-refractivity contribution is 0.0825. The fraction of sp³-hybridized carbons (Fsp3) is 0.647. The molecule has 3 heteroatoms. The standard InChI is InChI=1S/C17H25FN2/c18-16-8-4-3-7-15(16)17(19)12-20-10-9-13-5-1-2-6-14(13)11-20/h3-4,7-8,13-14,17H,1-2,5-6,9-12,19H2. The van der Waals surface area contributed by atoms with Crippen LogP contribution in [0.25, 0.3) is 0 Å². The molecule has 1 saturated carbocycles. The molecule has 110 valence electrons. The molecule has 3 rings (SSSR count). The molecule has 2 fully saturated rings. The number of hydrogen-bond acceptors (Lipinski definition) is 2. The molecule has 2 nitrogen and oxygen atoms in total. The molecule has 1 saturated heterocycles. The quantitative estimate of drug-likeness (QED) is 0.917. The van der Waals surface area contributed by atoms with Crippen molar-refractivity contribution < 1.29 is 4.39 Å². The topological polar surface area (TPSA) is 29.3 Å². The highest BCUT2D eigenvalue weighted by Crippen LogP contribution is 2.36. The van der Waals surface area contributed by atoms with Gasteiger partial charge in [-0.15, -0.1) is 0 Å². The van der Waals surface area contributed by atoms with Crippen LogP contribution in [0, 0.1) is 17.7 Å². The Labute approximate surface area is 121 Å². The van der Waals surface area contributed by atoms with E-state index in [0.29, 0.717) is 5.56 Å². The molecule has 1 aromatic rings. The summed E-state index contributed by atoms with van der Waals surface area (Å²) in [5, 5.41) is 0. The summed E-state index contributed by atoms with van der Waals surface area (Å²) >= 11 is 0. The molecule has 20 heavy (non-hydrogen) atoms. The Morgan fingerprint density at radius 3 is 2.70 bits per heavy atom. The Bertz CT molecular complexity index is 448. The summed E-state index contributed by atoms with van der Waals surface area (Å²) in [6.07, 6.45) is 6.88. The highest BCUT2D eigenvalue weighted by atomic mass is 19.1. The average Bonchev–Trinajstić information content (AvgIpc) is 2.47. The number of halogens is 1. The van der Waals surface area contributed by atoms with Gasteiger partial charge in [-0.2, -0.15) is 0 Å². The summed E-state index contributed by atoms with van der Waals surface area (Å²) in [6, 6.07) is 6.69. The monoisotopic (exact) mass is 276 g/mol. The fourth-order valence-corrected chi connectivity index (χ4v) is 3.99. The third-order valence-corrected chi connectivity index (χ3v) is 5.13. The van der Waals surface area contributed by atoms with Crippen LogP contribution in [0.5, 0.6) is 0 Å². The van der Waals surface area contributed by atoms with Crippen molar-refractivity contribution in [2.75, 3.05) is 19.6 Å². The zero-order chi connectivity index (χ0) is 13.9. The molecule has 0 amide bonds. The molecule has 0 spiro atoms. The van der Waals surface area contributed by atoms with Gasteiger partial charge in [0.25, 0.3) is 0 Å². The minimum Gasteiger partial charge on any atom is -0.323 e. The Kier molecular flexibility index (Phi) is 4.37. The molecule has 1 aliphatic heterocycles. The molecule has 2 aliphatic rings. The number of nitrogens with two attached hydrogens (primary N) is 1. The first-order valence-corrected chi connectivity index (χ1v) is 7.96. The van der Waals surface area contributed by atoms with Gasteiger partial charge in [-0.25, -0.2) is 4.39 Å². The minimum atomic E-state index is -0.212. The van der Waals surface area contributed by atoms with Crippen LogP contribution in [0.4, 0.5) is 4.39 Å².